The highest BCUT2D eigenvalue weighted by Gasteiger charge is 2.45. The lowest BCUT2D eigenvalue weighted by Gasteiger charge is -2.17. The van der Waals surface area contributed by atoms with Gasteiger partial charge in [0.1, 0.15) is 69.6 Å². The van der Waals surface area contributed by atoms with E-state index in [0.717, 1.165) is 72.8 Å². The van der Waals surface area contributed by atoms with Crippen molar-refractivity contribution in [3.63, 3.8) is 0 Å². The Kier molecular flexibility index (Phi) is 23.7. The monoisotopic (exact) mass is 1400 g/mol. The summed E-state index contributed by atoms with van der Waals surface area (Å²) in [5.41, 5.74) is 12.6. The molecule has 6 unspecified atom stereocenters. The second-order valence-corrected chi connectivity index (χ2v) is 26.6. The van der Waals surface area contributed by atoms with Crippen molar-refractivity contribution in [2.45, 2.75) is 97.8 Å². The Bertz CT molecular complexity index is 4620. The lowest BCUT2D eigenvalue weighted by atomic mass is 9.85. The van der Waals surface area contributed by atoms with Crippen LogP contribution in [-0.4, -0.2) is 87.0 Å². The zero-order valence-electron chi connectivity index (χ0n) is 56.4. The molecule has 3 N–H and O–H groups in total. The largest absolute Gasteiger partial charge is 0.351 e. The van der Waals surface area contributed by atoms with Crippen molar-refractivity contribution < 1.29 is 56.3 Å². The van der Waals surface area contributed by atoms with Gasteiger partial charge in [0.25, 0.3) is 17.7 Å². The van der Waals surface area contributed by atoms with Gasteiger partial charge in [0, 0.05) is 86.3 Å². The van der Waals surface area contributed by atoms with Crippen LogP contribution >= 0.6 is 23.2 Å². The lowest BCUT2D eigenvalue weighted by molar-refractivity contribution is -0.126. The van der Waals surface area contributed by atoms with Crippen molar-refractivity contribution in [1.82, 2.24) is 30.9 Å². The van der Waals surface area contributed by atoms with Gasteiger partial charge in [-0.1, -0.05) is 96.0 Å². The fourth-order valence-electron chi connectivity index (χ4n) is 13.9. The number of hydrogen-bond acceptors (Lipinski definition) is 12. The van der Waals surface area contributed by atoms with Crippen LogP contribution in [0.25, 0.3) is 33.4 Å². The molecule has 101 heavy (non-hydrogen) atoms. The van der Waals surface area contributed by atoms with E-state index >= 15 is 0 Å². The number of carbonyl (C=O) groups excluding carboxylic acids is 9. The third-order valence-electron chi connectivity index (χ3n) is 18.7. The van der Waals surface area contributed by atoms with Crippen molar-refractivity contribution in [3.05, 3.63) is 265 Å². The van der Waals surface area contributed by atoms with Gasteiger partial charge in [-0.3, -0.25) is 58.1 Å². The fourth-order valence-corrected chi connectivity index (χ4v) is 14.3. The Morgan fingerprint density at radius 3 is 1.03 bits per heavy atom. The molecule has 3 saturated carbocycles. The number of nitrogens with zero attached hydrogens (tertiary/aromatic N) is 3. The van der Waals surface area contributed by atoms with Crippen molar-refractivity contribution in [2.75, 3.05) is 19.6 Å². The summed E-state index contributed by atoms with van der Waals surface area (Å²) in [5, 5.41) is 9.01. The smallest absolute Gasteiger partial charge is 0.269 e. The zero-order valence-corrected chi connectivity index (χ0v) is 57.9. The Morgan fingerprint density at radius 1 is 0.386 bits per heavy atom. The summed E-state index contributed by atoms with van der Waals surface area (Å²) in [6.07, 6.45) is 6.30. The lowest BCUT2D eigenvalue weighted by Crippen LogP contribution is -2.27. The first-order chi connectivity index (χ1) is 48.3. The van der Waals surface area contributed by atoms with E-state index in [1.807, 2.05) is 76.2 Å². The summed E-state index contributed by atoms with van der Waals surface area (Å²) < 4.78 is 40.9. The first-order valence-corrected chi connectivity index (χ1v) is 33.9. The number of amides is 3. The molecule has 3 aliphatic rings. The Labute approximate surface area is 593 Å². The SMILES string of the molecule is Cc1cc(-c2cc(F)cc(F)c2)cc(C)c1C1C(=O)CC(CCNC(=O)c2ccccn2)C1=O.Cc1cc(-c2ccc(F)c(Cl)c2)cc(C)c1C1C(=O)CC(CCNC(=O)c2ccccn2)C1=O.Cc1cc(-c2cccc(Cl)c2)cc(C)c1C1C(=O)CC(CCNC(=O)c2ccccn2)C1=O. The summed E-state index contributed by atoms with van der Waals surface area (Å²) in [4.78, 5) is 127. The second-order valence-electron chi connectivity index (χ2n) is 25.8. The predicted molar refractivity (Wildman–Crippen MR) is 380 cm³/mol. The van der Waals surface area contributed by atoms with Crippen LogP contribution in [0.1, 0.15) is 138 Å². The molecule has 9 aromatic rings. The summed E-state index contributed by atoms with van der Waals surface area (Å²) in [7, 11) is 0. The van der Waals surface area contributed by atoms with E-state index < -0.39 is 53.0 Å². The maximum absolute atomic E-state index is 13.7. The third kappa shape index (κ3) is 17.4. The van der Waals surface area contributed by atoms with Gasteiger partial charge in [-0.05, 0) is 217 Å². The van der Waals surface area contributed by atoms with Crippen LogP contribution in [0.3, 0.4) is 0 Å². The molecule has 0 saturated heterocycles. The van der Waals surface area contributed by atoms with Gasteiger partial charge in [-0.2, -0.15) is 0 Å². The minimum absolute atomic E-state index is 0.0380. The number of carbonyl (C=O) groups is 9. The van der Waals surface area contributed by atoms with Gasteiger partial charge in [0.05, 0.1) is 5.02 Å². The third-order valence-corrected chi connectivity index (χ3v) is 19.2. The summed E-state index contributed by atoms with van der Waals surface area (Å²) in [6, 6.07) is 42.0. The van der Waals surface area contributed by atoms with E-state index in [9.17, 15) is 56.3 Å². The molecule has 0 aliphatic heterocycles. The van der Waals surface area contributed by atoms with Crippen LogP contribution in [0.2, 0.25) is 10.0 Å². The van der Waals surface area contributed by atoms with Gasteiger partial charge in [-0.15, -0.1) is 0 Å². The van der Waals surface area contributed by atoms with Crippen LogP contribution in [0, 0.1) is 76.7 Å². The molecular weight excluding hydrogens is 1330 g/mol. The number of nitrogens with one attached hydrogen (secondary N) is 3. The predicted octanol–water partition coefficient (Wildman–Crippen LogP) is 15.0. The number of aryl methyl sites for hydroxylation is 6. The van der Waals surface area contributed by atoms with Gasteiger partial charge in [0.2, 0.25) is 0 Å². The van der Waals surface area contributed by atoms with Gasteiger partial charge in [0.15, 0.2) is 17.3 Å². The molecule has 20 heteroatoms. The fraction of sp³-hybridized carbons (Fsp3) is 0.259. The van der Waals surface area contributed by atoms with E-state index in [1.54, 1.807) is 105 Å². The molecule has 12 rings (SSSR count). The quantitative estimate of drug-likeness (QED) is 0.0682. The van der Waals surface area contributed by atoms with Crippen LogP contribution in [0.4, 0.5) is 13.2 Å². The van der Waals surface area contributed by atoms with E-state index in [0.29, 0.717) is 64.6 Å². The normalized spacial score (nSPS) is 17.8. The number of halogens is 5. The molecule has 3 fully saturated rings. The first-order valence-electron chi connectivity index (χ1n) is 33.1. The molecule has 15 nitrogen and oxygen atoms in total. The van der Waals surface area contributed by atoms with Crippen molar-refractivity contribution in [3.8, 4) is 33.4 Å². The minimum atomic E-state index is -0.866. The zero-order chi connectivity index (χ0) is 72.3. The summed E-state index contributed by atoms with van der Waals surface area (Å²) in [6.45, 7) is 12.1. The van der Waals surface area contributed by atoms with Gasteiger partial charge >= 0.3 is 0 Å². The Balaban J connectivity index is 0.000000163. The molecular formula is C81H73Cl2F3N6O9. The number of aromatic nitrogens is 3. The number of rotatable bonds is 18. The van der Waals surface area contributed by atoms with Crippen molar-refractivity contribution >= 4 is 75.6 Å². The highest BCUT2D eigenvalue weighted by molar-refractivity contribution is 6.31. The highest BCUT2D eigenvalue weighted by Crippen LogP contribution is 2.42. The van der Waals surface area contributed by atoms with Gasteiger partial charge in [-0.25, -0.2) is 13.2 Å². The van der Waals surface area contributed by atoms with E-state index in [-0.39, 0.29) is 89.8 Å². The second kappa shape index (κ2) is 32.7. The maximum atomic E-state index is 13.7. The minimum Gasteiger partial charge on any atom is -0.351 e. The van der Waals surface area contributed by atoms with E-state index in [2.05, 4.69) is 30.9 Å². The van der Waals surface area contributed by atoms with Crippen LogP contribution in [0.5, 0.6) is 0 Å². The molecule has 0 radical (unpaired) electrons. The molecule has 3 heterocycles. The summed E-state index contributed by atoms with van der Waals surface area (Å²) >= 11 is 12.1. The first kappa shape index (κ1) is 73.3. The molecule has 6 aromatic carbocycles. The highest BCUT2D eigenvalue weighted by atomic mass is 35.5. The van der Waals surface area contributed by atoms with Gasteiger partial charge < -0.3 is 16.0 Å². The standard InChI is InChI=1S/C27H24ClFN2O3.C27H25ClN2O3.C27H24F2N2O3/c1-15-11-19(17-6-7-21(29)20(28)13-17)12-16(2)24(15)25-23(32)14-18(26(25)33)8-10-31-27(34)22-5-3-4-9-30-22;1-16-12-20(18-6-5-7-21(28)14-18)13-17(2)24(16)25-23(31)15-19(26(25)32)9-11-30-27(33)22-8-3-4-10-29-22;1-15-9-18(19-11-20(28)14-21(29)12-19)10-16(2)24(15)25-23(32)13-17(26(25)33)6-8-31-27(34)22-5-3-4-7-30-22/h3-7,9,11-13,18,25H,8,10,14H2,1-2H3,(H,31,34);3-8,10,12-14,19,25H,9,11,15H2,1-2H3,(H,30,33);3-5,7,9-12,14,17,25H,6,8,13H2,1-2H3,(H,31,34). The molecule has 3 aliphatic carbocycles. The van der Waals surface area contributed by atoms with Crippen molar-refractivity contribution in [1.29, 1.82) is 0 Å². The summed E-state index contributed by atoms with van der Waals surface area (Å²) in [5.74, 6) is -7.10. The maximum Gasteiger partial charge on any atom is 0.269 e. The van der Waals surface area contributed by atoms with E-state index in [4.69, 9.17) is 23.2 Å². The van der Waals surface area contributed by atoms with E-state index in [1.165, 1.54) is 24.4 Å². The molecule has 0 bridgehead atoms. The molecule has 516 valence electrons. The number of hydrogen-bond donors (Lipinski definition) is 3. The van der Waals surface area contributed by atoms with Crippen molar-refractivity contribution in [2.24, 2.45) is 17.8 Å². The average molecular weight is 1400 g/mol. The molecule has 3 amide bonds. The van der Waals surface area contributed by atoms with Crippen LogP contribution in [-0.2, 0) is 28.8 Å². The molecule has 0 spiro atoms. The number of ketones is 6. The molecule has 6 atom stereocenters. The number of Topliss-reactive ketones (excluding diaryl/α,β-unsaturated/α-hetero) is 6. The van der Waals surface area contributed by atoms with Crippen LogP contribution in [0.15, 0.2) is 170 Å². The van der Waals surface area contributed by atoms with Crippen LogP contribution < -0.4 is 16.0 Å². The Hall–Kier alpha value is -10.4. The molecule has 3 aromatic heterocycles. The number of pyridine rings is 3. The topological polar surface area (TPSA) is 228 Å². The number of benzene rings is 6. The Morgan fingerprint density at radius 2 is 0.713 bits per heavy atom. The average Bonchev–Trinajstić information content (AvgIpc) is 1.72.